The number of hydrogen-bond acceptors (Lipinski definition) is 7. The Morgan fingerprint density at radius 1 is 1.37 bits per heavy atom. The molecule has 1 amide bonds. The standard InChI is InChI=1S/C19H18N6OS/c1-24-7-8-25(13-17(24)26)12-14-3-6-21-16(9-14)19(4-2-5-23-19)18-22-11-15(10-20)27-18/h2-6,9,11H,7-8,12-13H2,1H3. The van der Waals surface area contributed by atoms with Gasteiger partial charge in [-0.25, -0.2) is 4.98 Å². The third-order valence-corrected chi connectivity index (χ3v) is 5.83. The molecule has 0 aliphatic carbocycles. The van der Waals surface area contributed by atoms with Gasteiger partial charge in [-0.3, -0.25) is 19.7 Å². The molecular formula is C19H18N6OS. The maximum absolute atomic E-state index is 11.9. The molecular weight excluding hydrogens is 360 g/mol. The molecule has 8 heteroatoms. The second kappa shape index (κ2) is 7.02. The maximum Gasteiger partial charge on any atom is 0.236 e. The number of pyridine rings is 1. The van der Waals surface area contributed by atoms with Crippen LogP contribution in [-0.4, -0.2) is 58.6 Å². The topological polar surface area (TPSA) is 85.5 Å². The summed E-state index contributed by atoms with van der Waals surface area (Å²) in [5.41, 5.74) is 1.06. The van der Waals surface area contributed by atoms with Crippen molar-refractivity contribution >= 4 is 23.5 Å². The first kappa shape index (κ1) is 17.5. The Labute approximate surface area is 161 Å². The van der Waals surface area contributed by atoms with Gasteiger partial charge in [0.15, 0.2) is 5.54 Å². The van der Waals surface area contributed by atoms with Gasteiger partial charge in [0.1, 0.15) is 16.0 Å². The highest BCUT2D eigenvalue weighted by molar-refractivity contribution is 7.12. The van der Waals surface area contributed by atoms with Gasteiger partial charge in [0, 0.05) is 39.1 Å². The van der Waals surface area contributed by atoms with Gasteiger partial charge in [-0.1, -0.05) is 0 Å². The summed E-state index contributed by atoms with van der Waals surface area (Å²) in [5, 5.41) is 9.85. The first-order valence-electron chi connectivity index (χ1n) is 8.62. The van der Waals surface area contributed by atoms with Crippen LogP contribution in [0, 0.1) is 11.3 Å². The van der Waals surface area contributed by atoms with Crippen molar-refractivity contribution in [2.24, 2.45) is 4.99 Å². The molecule has 0 radical (unpaired) electrons. The third kappa shape index (κ3) is 3.27. The number of aliphatic imine (C=N–C) groups is 1. The first-order chi connectivity index (χ1) is 13.1. The first-order valence-corrected chi connectivity index (χ1v) is 9.43. The molecule has 1 saturated heterocycles. The highest BCUT2D eigenvalue weighted by atomic mass is 32.1. The minimum Gasteiger partial charge on any atom is -0.343 e. The lowest BCUT2D eigenvalue weighted by molar-refractivity contribution is -0.134. The zero-order valence-electron chi connectivity index (χ0n) is 14.9. The Kier molecular flexibility index (Phi) is 4.56. The van der Waals surface area contributed by atoms with Crippen LogP contribution in [0.3, 0.4) is 0 Å². The fourth-order valence-corrected chi connectivity index (χ4v) is 4.10. The van der Waals surface area contributed by atoms with Crippen molar-refractivity contribution in [2.75, 3.05) is 26.7 Å². The SMILES string of the molecule is CN1CCN(Cc2ccnc(C3(c4ncc(C#N)s4)C=CC=N3)c2)CC1=O. The van der Waals surface area contributed by atoms with Crippen LogP contribution in [0.5, 0.6) is 0 Å². The highest BCUT2D eigenvalue weighted by Gasteiger charge is 2.37. The second-order valence-corrected chi connectivity index (χ2v) is 7.65. The van der Waals surface area contributed by atoms with Crippen molar-refractivity contribution in [3.05, 3.63) is 57.8 Å². The smallest absolute Gasteiger partial charge is 0.236 e. The predicted molar refractivity (Wildman–Crippen MR) is 102 cm³/mol. The molecule has 0 aromatic carbocycles. The maximum atomic E-state index is 11.9. The van der Waals surface area contributed by atoms with E-state index in [9.17, 15) is 4.79 Å². The molecule has 7 nitrogen and oxygen atoms in total. The number of piperazine rings is 1. The number of thiazole rings is 1. The van der Waals surface area contributed by atoms with Crippen molar-refractivity contribution in [3.8, 4) is 6.07 Å². The number of hydrogen-bond donors (Lipinski definition) is 0. The van der Waals surface area contributed by atoms with E-state index in [2.05, 4.69) is 25.9 Å². The molecule has 0 spiro atoms. The van der Waals surface area contributed by atoms with Crippen LogP contribution in [0.15, 0.2) is 41.7 Å². The number of likely N-dealkylation sites (N-methyl/N-ethyl adjacent to an activating group) is 1. The molecule has 1 unspecified atom stereocenters. The summed E-state index contributed by atoms with van der Waals surface area (Å²) in [6.45, 7) is 2.69. The second-order valence-electron chi connectivity index (χ2n) is 6.62. The molecule has 2 aromatic rings. The van der Waals surface area contributed by atoms with Crippen molar-refractivity contribution in [2.45, 2.75) is 12.1 Å². The van der Waals surface area contributed by atoms with Crippen LogP contribution in [0.1, 0.15) is 21.1 Å². The molecule has 2 aliphatic heterocycles. The molecule has 2 aromatic heterocycles. The van der Waals surface area contributed by atoms with E-state index in [1.165, 1.54) is 11.3 Å². The fourth-order valence-electron chi connectivity index (χ4n) is 3.26. The average molecular weight is 378 g/mol. The van der Waals surface area contributed by atoms with Crippen LogP contribution in [-0.2, 0) is 16.9 Å². The van der Waals surface area contributed by atoms with Gasteiger partial charge in [-0.05, 0) is 29.8 Å². The Morgan fingerprint density at radius 3 is 2.96 bits per heavy atom. The Bertz CT molecular complexity index is 961. The van der Waals surface area contributed by atoms with E-state index in [-0.39, 0.29) is 5.91 Å². The lowest BCUT2D eigenvalue weighted by Gasteiger charge is -2.32. The highest BCUT2D eigenvalue weighted by Crippen LogP contribution is 2.38. The summed E-state index contributed by atoms with van der Waals surface area (Å²) in [6, 6.07) is 6.11. The van der Waals surface area contributed by atoms with Gasteiger partial charge in [0.25, 0.3) is 0 Å². The molecule has 27 heavy (non-hydrogen) atoms. The normalized spacial score (nSPS) is 22.4. The van der Waals surface area contributed by atoms with Gasteiger partial charge < -0.3 is 4.90 Å². The minimum atomic E-state index is -0.784. The van der Waals surface area contributed by atoms with E-state index < -0.39 is 5.54 Å². The van der Waals surface area contributed by atoms with Gasteiger partial charge in [0.05, 0.1) is 18.4 Å². The molecule has 0 bridgehead atoms. The molecule has 2 aliphatic rings. The van der Waals surface area contributed by atoms with Crippen molar-refractivity contribution < 1.29 is 4.79 Å². The number of nitriles is 1. The number of carbonyl (C=O) groups is 1. The van der Waals surface area contributed by atoms with Crippen LogP contribution in [0.2, 0.25) is 0 Å². The Balaban J connectivity index is 1.63. The van der Waals surface area contributed by atoms with Gasteiger partial charge in [0.2, 0.25) is 5.91 Å². The summed E-state index contributed by atoms with van der Waals surface area (Å²) >= 11 is 1.33. The molecule has 0 saturated carbocycles. The molecule has 0 N–H and O–H groups in total. The third-order valence-electron chi connectivity index (χ3n) is 4.80. The van der Waals surface area contributed by atoms with Crippen LogP contribution < -0.4 is 0 Å². The lowest BCUT2D eigenvalue weighted by atomic mass is 9.95. The molecule has 1 fully saturated rings. The van der Waals surface area contributed by atoms with Gasteiger partial charge >= 0.3 is 0 Å². The van der Waals surface area contributed by atoms with Crippen molar-refractivity contribution in [1.29, 1.82) is 5.26 Å². The van der Waals surface area contributed by atoms with E-state index in [1.54, 1.807) is 23.5 Å². The monoisotopic (exact) mass is 378 g/mol. The molecule has 4 heterocycles. The molecule has 4 rings (SSSR count). The average Bonchev–Trinajstić information content (AvgIpc) is 3.35. The number of allylic oxidation sites excluding steroid dienone is 1. The minimum absolute atomic E-state index is 0.141. The number of aromatic nitrogens is 2. The van der Waals surface area contributed by atoms with E-state index in [1.807, 2.05) is 31.3 Å². The Morgan fingerprint density at radius 2 is 2.26 bits per heavy atom. The lowest BCUT2D eigenvalue weighted by Crippen LogP contribution is -2.48. The van der Waals surface area contributed by atoms with E-state index >= 15 is 0 Å². The number of amides is 1. The van der Waals surface area contributed by atoms with E-state index in [0.29, 0.717) is 18.0 Å². The van der Waals surface area contributed by atoms with E-state index in [0.717, 1.165) is 29.4 Å². The van der Waals surface area contributed by atoms with Gasteiger partial charge in [-0.2, -0.15) is 5.26 Å². The van der Waals surface area contributed by atoms with Crippen LogP contribution >= 0.6 is 11.3 Å². The number of rotatable bonds is 4. The summed E-state index contributed by atoms with van der Waals surface area (Å²) in [5.74, 6) is 0.141. The van der Waals surface area contributed by atoms with Crippen molar-refractivity contribution in [3.63, 3.8) is 0 Å². The number of carbonyl (C=O) groups excluding carboxylic acids is 1. The summed E-state index contributed by atoms with van der Waals surface area (Å²) < 4.78 is 0. The number of nitrogens with zero attached hydrogens (tertiary/aromatic N) is 6. The molecule has 136 valence electrons. The zero-order chi connectivity index (χ0) is 18.9. The molecule has 1 atom stereocenters. The van der Waals surface area contributed by atoms with Crippen LogP contribution in [0.25, 0.3) is 0 Å². The fraction of sp³-hybridized carbons (Fsp3) is 0.316. The van der Waals surface area contributed by atoms with Crippen LogP contribution in [0.4, 0.5) is 0 Å². The van der Waals surface area contributed by atoms with Crippen molar-refractivity contribution in [1.82, 2.24) is 19.8 Å². The largest absolute Gasteiger partial charge is 0.343 e. The zero-order valence-corrected chi connectivity index (χ0v) is 15.7. The van der Waals surface area contributed by atoms with Gasteiger partial charge in [-0.15, -0.1) is 11.3 Å². The summed E-state index contributed by atoms with van der Waals surface area (Å²) in [6.07, 6.45) is 8.91. The predicted octanol–water partition coefficient (Wildman–Crippen LogP) is 1.57. The van der Waals surface area contributed by atoms with E-state index in [4.69, 9.17) is 5.26 Å². The summed E-state index contributed by atoms with van der Waals surface area (Å²) in [4.78, 5) is 30.0. The Hall–Kier alpha value is -2.89. The quantitative estimate of drug-likeness (QED) is 0.806. The summed E-state index contributed by atoms with van der Waals surface area (Å²) in [7, 11) is 1.84.